The minimum atomic E-state index is 0.0462. The average molecular weight is 334 g/mol. The van der Waals surface area contributed by atoms with Crippen molar-refractivity contribution in [3.05, 3.63) is 35.6 Å². The summed E-state index contributed by atoms with van der Waals surface area (Å²) in [5, 5.41) is 6.03. The predicted molar refractivity (Wildman–Crippen MR) is 91.3 cm³/mol. The maximum absolute atomic E-state index is 12.0. The summed E-state index contributed by atoms with van der Waals surface area (Å²) in [4.78, 5) is 22.5. The third kappa shape index (κ3) is 3.98. The smallest absolute Gasteiger partial charge is 0.317 e. The zero-order valence-corrected chi connectivity index (χ0v) is 13.8. The Morgan fingerprint density at radius 3 is 2.82 bits per heavy atom. The number of thioether (sulfide) groups is 1. The van der Waals surface area contributed by atoms with Crippen molar-refractivity contribution >= 4 is 29.1 Å². The second-order valence-electron chi connectivity index (χ2n) is 4.96. The van der Waals surface area contributed by atoms with Crippen LogP contribution in [0.15, 0.2) is 29.9 Å². The van der Waals surface area contributed by atoms with Gasteiger partial charge in [0.05, 0.1) is 5.69 Å². The first-order chi connectivity index (χ1) is 10.8. The summed E-state index contributed by atoms with van der Waals surface area (Å²) in [7, 11) is 0. The molecule has 3 rings (SSSR count). The number of pyridine rings is 1. The third-order valence-corrected chi connectivity index (χ3v) is 5.32. The van der Waals surface area contributed by atoms with E-state index in [2.05, 4.69) is 20.7 Å². The lowest BCUT2D eigenvalue weighted by Crippen LogP contribution is -2.44. The molecule has 0 radical (unpaired) electrons. The first-order valence-electron chi connectivity index (χ1n) is 7.28. The molecule has 0 atom stereocenters. The largest absolute Gasteiger partial charge is 0.338 e. The molecular weight excluding hydrogens is 316 g/mol. The molecular formula is C15H18N4OS2. The van der Waals surface area contributed by atoms with E-state index >= 15 is 0 Å². The van der Waals surface area contributed by atoms with Crippen LogP contribution in [0.3, 0.4) is 0 Å². The van der Waals surface area contributed by atoms with Gasteiger partial charge in [0.25, 0.3) is 0 Å². The minimum absolute atomic E-state index is 0.0462. The molecule has 5 nitrogen and oxygen atoms in total. The highest BCUT2D eigenvalue weighted by Gasteiger charge is 2.15. The van der Waals surface area contributed by atoms with Gasteiger partial charge in [-0.3, -0.25) is 4.98 Å². The van der Waals surface area contributed by atoms with Crippen LogP contribution in [0, 0.1) is 0 Å². The van der Waals surface area contributed by atoms with E-state index in [1.54, 1.807) is 23.7 Å². The highest BCUT2D eigenvalue weighted by atomic mass is 32.2. The SMILES string of the molecule is O=C(NCCc1csc(-c2ccncc2)n1)N1CCSCC1. The summed E-state index contributed by atoms with van der Waals surface area (Å²) in [6.07, 6.45) is 4.30. The molecule has 22 heavy (non-hydrogen) atoms. The Balaban J connectivity index is 1.48. The van der Waals surface area contributed by atoms with Gasteiger partial charge in [0.1, 0.15) is 5.01 Å². The molecule has 1 fully saturated rings. The second kappa shape index (κ2) is 7.60. The quantitative estimate of drug-likeness (QED) is 0.933. The van der Waals surface area contributed by atoms with Gasteiger partial charge in [-0.15, -0.1) is 11.3 Å². The molecule has 0 aromatic carbocycles. The second-order valence-corrected chi connectivity index (χ2v) is 7.04. The molecule has 2 aromatic rings. The molecule has 116 valence electrons. The molecule has 1 saturated heterocycles. The lowest BCUT2D eigenvalue weighted by molar-refractivity contribution is 0.203. The number of urea groups is 1. The Hall–Kier alpha value is -1.60. The van der Waals surface area contributed by atoms with Gasteiger partial charge in [0, 0.05) is 60.9 Å². The first-order valence-corrected chi connectivity index (χ1v) is 9.32. The summed E-state index contributed by atoms with van der Waals surface area (Å²) >= 11 is 3.53. The molecule has 0 spiro atoms. The van der Waals surface area contributed by atoms with Gasteiger partial charge in [-0.1, -0.05) is 0 Å². The topological polar surface area (TPSA) is 58.1 Å². The van der Waals surface area contributed by atoms with E-state index in [4.69, 9.17) is 0 Å². The normalized spacial score (nSPS) is 14.8. The predicted octanol–water partition coefficient (Wildman–Crippen LogP) is 2.51. The minimum Gasteiger partial charge on any atom is -0.338 e. The van der Waals surface area contributed by atoms with Gasteiger partial charge in [-0.05, 0) is 12.1 Å². The van der Waals surface area contributed by atoms with Crippen LogP contribution in [-0.2, 0) is 6.42 Å². The number of nitrogens with one attached hydrogen (secondary N) is 1. The van der Waals surface area contributed by atoms with E-state index in [1.165, 1.54) is 0 Å². The van der Waals surface area contributed by atoms with Gasteiger partial charge in [0.15, 0.2) is 0 Å². The number of amides is 2. The first kappa shape index (κ1) is 15.3. The summed E-state index contributed by atoms with van der Waals surface area (Å²) < 4.78 is 0. The van der Waals surface area contributed by atoms with Crippen molar-refractivity contribution in [3.8, 4) is 10.6 Å². The van der Waals surface area contributed by atoms with Crippen molar-refractivity contribution in [1.29, 1.82) is 0 Å². The fourth-order valence-electron chi connectivity index (χ4n) is 2.22. The van der Waals surface area contributed by atoms with Crippen LogP contribution in [0.4, 0.5) is 4.79 Å². The van der Waals surface area contributed by atoms with Crippen molar-refractivity contribution in [2.75, 3.05) is 31.1 Å². The van der Waals surface area contributed by atoms with Crippen molar-refractivity contribution in [2.45, 2.75) is 6.42 Å². The van der Waals surface area contributed by atoms with Crippen molar-refractivity contribution in [2.24, 2.45) is 0 Å². The third-order valence-electron chi connectivity index (χ3n) is 3.43. The van der Waals surface area contributed by atoms with Gasteiger partial charge >= 0.3 is 6.03 Å². The van der Waals surface area contributed by atoms with Gasteiger partial charge < -0.3 is 10.2 Å². The van der Waals surface area contributed by atoms with Crippen LogP contribution in [0.1, 0.15) is 5.69 Å². The maximum atomic E-state index is 12.0. The van der Waals surface area contributed by atoms with Crippen molar-refractivity contribution < 1.29 is 4.79 Å². The van der Waals surface area contributed by atoms with E-state index < -0.39 is 0 Å². The Bertz CT molecular complexity index is 611. The highest BCUT2D eigenvalue weighted by Crippen LogP contribution is 2.22. The number of carbonyl (C=O) groups excluding carboxylic acids is 1. The van der Waals surface area contributed by atoms with Gasteiger partial charge in [-0.2, -0.15) is 11.8 Å². The van der Waals surface area contributed by atoms with Gasteiger partial charge in [-0.25, -0.2) is 9.78 Å². The Labute approximate surface area is 138 Å². The maximum Gasteiger partial charge on any atom is 0.317 e. The Morgan fingerprint density at radius 1 is 1.27 bits per heavy atom. The van der Waals surface area contributed by atoms with Crippen LogP contribution >= 0.6 is 23.1 Å². The molecule has 0 aliphatic carbocycles. The molecule has 0 bridgehead atoms. The van der Waals surface area contributed by atoms with E-state index in [0.717, 1.165) is 47.3 Å². The summed E-state index contributed by atoms with van der Waals surface area (Å²) in [6, 6.07) is 3.96. The standard InChI is InChI=1S/C15H18N4OS2/c20-15(19-7-9-21-10-8-19)17-6-3-13-11-22-14(18-13)12-1-4-16-5-2-12/h1-2,4-5,11H,3,6-10H2,(H,17,20). The zero-order valence-electron chi connectivity index (χ0n) is 12.2. The molecule has 0 unspecified atom stereocenters. The number of hydrogen-bond donors (Lipinski definition) is 1. The van der Waals surface area contributed by atoms with Gasteiger partial charge in [0.2, 0.25) is 0 Å². The van der Waals surface area contributed by atoms with Crippen LogP contribution in [0.2, 0.25) is 0 Å². The number of nitrogens with zero attached hydrogens (tertiary/aromatic N) is 3. The van der Waals surface area contributed by atoms with Crippen LogP contribution < -0.4 is 5.32 Å². The molecule has 0 saturated carbocycles. The van der Waals surface area contributed by atoms with Crippen LogP contribution in [-0.4, -0.2) is 52.0 Å². The van der Waals surface area contributed by atoms with Crippen LogP contribution in [0.5, 0.6) is 0 Å². The molecule has 3 heterocycles. The van der Waals surface area contributed by atoms with E-state index in [1.807, 2.05) is 28.8 Å². The molecule has 2 aromatic heterocycles. The molecule has 1 aliphatic heterocycles. The Morgan fingerprint density at radius 2 is 2.05 bits per heavy atom. The molecule has 7 heteroatoms. The number of hydrogen-bond acceptors (Lipinski definition) is 5. The summed E-state index contributed by atoms with van der Waals surface area (Å²) in [5.41, 5.74) is 2.10. The van der Waals surface area contributed by atoms with Crippen molar-refractivity contribution in [1.82, 2.24) is 20.2 Å². The molecule has 2 amide bonds. The lowest BCUT2D eigenvalue weighted by Gasteiger charge is -2.26. The number of carbonyl (C=O) groups is 1. The fourth-order valence-corrected chi connectivity index (χ4v) is 3.99. The zero-order chi connectivity index (χ0) is 15.2. The van der Waals surface area contributed by atoms with E-state index in [9.17, 15) is 4.79 Å². The van der Waals surface area contributed by atoms with Crippen molar-refractivity contribution in [3.63, 3.8) is 0 Å². The average Bonchev–Trinajstić information content (AvgIpc) is 3.05. The molecule has 1 aliphatic rings. The fraction of sp³-hybridized carbons (Fsp3) is 0.400. The monoisotopic (exact) mass is 334 g/mol. The van der Waals surface area contributed by atoms with E-state index in [0.29, 0.717) is 6.54 Å². The number of aromatic nitrogens is 2. The highest BCUT2D eigenvalue weighted by molar-refractivity contribution is 7.99. The lowest BCUT2D eigenvalue weighted by atomic mass is 10.3. The number of rotatable bonds is 4. The van der Waals surface area contributed by atoms with E-state index in [-0.39, 0.29) is 6.03 Å². The number of thiazole rings is 1. The Kier molecular flexibility index (Phi) is 5.29. The molecule has 1 N–H and O–H groups in total. The van der Waals surface area contributed by atoms with Crippen LogP contribution in [0.25, 0.3) is 10.6 Å². The summed E-state index contributed by atoms with van der Waals surface area (Å²) in [5.74, 6) is 2.07. The summed E-state index contributed by atoms with van der Waals surface area (Å²) in [6.45, 7) is 2.32.